The first-order chi connectivity index (χ1) is 7.32. The number of hydrogen-bond donors (Lipinski definition) is 0. The van der Waals surface area contributed by atoms with Crippen molar-refractivity contribution in [2.75, 3.05) is 14.2 Å². The molecule has 0 bridgehead atoms. The number of benzene rings is 1. The van der Waals surface area contributed by atoms with Crippen molar-refractivity contribution in [2.45, 2.75) is 18.7 Å². The van der Waals surface area contributed by atoms with Gasteiger partial charge in [-0.25, -0.2) is 8.42 Å². The van der Waals surface area contributed by atoms with Gasteiger partial charge in [0, 0.05) is 10.7 Å². The summed E-state index contributed by atoms with van der Waals surface area (Å²) in [4.78, 5) is -0.0425. The number of methoxy groups -OCH3 is 2. The normalized spacial score (nSPS) is 11.3. The molecule has 0 amide bonds. The van der Waals surface area contributed by atoms with Gasteiger partial charge in [0.25, 0.3) is 9.05 Å². The van der Waals surface area contributed by atoms with Crippen LogP contribution in [0.25, 0.3) is 0 Å². The first kappa shape index (κ1) is 13.1. The minimum Gasteiger partial charge on any atom is -0.493 e. The van der Waals surface area contributed by atoms with E-state index in [1.165, 1.54) is 14.2 Å². The van der Waals surface area contributed by atoms with Crippen LogP contribution in [0.1, 0.15) is 11.1 Å². The minimum absolute atomic E-state index is 0.0425. The molecule has 1 rings (SSSR count). The average Bonchev–Trinajstić information content (AvgIpc) is 2.14. The first-order valence-electron chi connectivity index (χ1n) is 4.49. The van der Waals surface area contributed by atoms with E-state index in [-0.39, 0.29) is 10.6 Å². The zero-order chi connectivity index (χ0) is 12.5. The van der Waals surface area contributed by atoms with Crippen molar-refractivity contribution >= 4 is 19.7 Å². The largest absolute Gasteiger partial charge is 0.493 e. The lowest BCUT2D eigenvalue weighted by atomic mass is 10.1. The van der Waals surface area contributed by atoms with Crippen molar-refractivity contribution in [3.05, 3.63) is 17.2 Å². The number of ether oxygens (including phenoxy) is 2. The summed E-state index contributed by atoms with van der Waals surface area (Å²) in [6.07, 6.45) is 0. The minimum atomic E-state index is -3.86. The highest BCUT2D eigenvalue weighted by Crippen LogP contribution is 2.40. The fourth-order valence-corrected chi connectivity index (χ4v) is 3.08. The third kappa shape index (κ3) is 2.25. The molecule has 4 nitrogen and oxygen atoms in total. The second-order valence-electron chi connectivity index (χ2n) is 3.34. The Hall–Kier alpha value is -0.940. The molecule has 6 heteroatoms. The summed E-state index contributed by atoms with van der Waals surface area (Å²) in [5.41, 5.74) is 1.33. The summed E-state index contributed by atoms with van der Waals surface area (Å²) in [6, 6.07) is 1.69. The van der Waals surface area contributed by atoms with E-state index in [0.717, 1.165) is 5.56 Å². The Balaban J connectivity index is 3.73. The smallest absolute Gasteiger partial charge is 0.265 e. The monoisotopic (exact) mass is 264 g/mol. The van der Waals surface area contributed by atoms with Crippen molar-refractivity contribution in [3.8, 4) is 11.5 Å². The molecular weight excluding hydrogens is 252 g/mol. The van der Waals surface area contributed by atoms with Gasteiger partial charge in [0.1, 0.15) is 4.90 Å². The molecule has 0 unspecified atom stereocenters. The van der Waals surface area contributed by atoms with Gasteiger partial charge in [0.2, 0.25) is 0 Å². The van der Waals surface area contributed by atoms with E-state index < -0.39 is 9.05 Å². The second kappa shape index (κ2) is 4.51. The van der Waals surface area contributed by atoms with Gasteiger partial charge in [-0.1, -0.05) is 6.07 Å². The molecule has 1 aromatic carbocycles. The highest BCUT2D eigenvalue weighted by Gasteiger charge is 2.24. The van der Waals surface area contributed by atoms with Gasteiger partial charge in [-0.15, -0.1) is 0 Å². The molecule has 0 spiro atoms. The lowest BCUT2D eigenvalue weighted by molar-refractivity contribution is 0.344. The molecule has 1 aromatic rings. The fourth-order valence-electron chi connectivity index (χ4n) is 1.66. The Morgan fingerprint density at radius 2 is 1.56 bits per heavy atom. The molecule has 0 aliphatic heterocycles. The summed E-state index contributed by atoms with van der Waals surface area (Å²) < 4.78 is 33.1. The third-order valence-electron chi connectivity index (χ3n) is 2.21. The van der Waals surface area contributed by atoms with Crippen LogP contribution in [-0.4, -0.2) is 22.6 Å². The van der Waals surface area contributed by atoms with Crippen LogP contribution in [0.5, 0.6) is 11.5 Å². The molecule has 0 aromatic heterocycles. The molecule has 0 aliphatic carbocycles. The van der Waals surface area contributed by atoms with Crippen molar-refractivity contribution < 1.29 is 17.9 Å². The topological polar surface area (TPSA) is 52.6 Å². The van der Waals surface area contributed by atoms with Crippen LogP contribution in [0, 0.1) is 13.8 Å². The predicted octanol–water partition coefficient (Wildman–Crippen LogP) is 2.25. The summed E-state index contributed by atoms with van der Waals surface area (Å²) in [5, 5.41) is 0. The van der Waals surface area contributed by atoms with Crippen LogP contribution in [0.3, 0.4) is 0 Å². The molecule has 16 heavy (non-hydrogen) atoms. The van der Waals surface area contributed by atoms with Crippen molar-refractivity contribution in [1.82, 2.24) is 0 Å². The zero-order valence-corrected chi connectivity index (χ0v) is 11.1. The molecule has 0 atom stereocenters. The summed E-state index contributed by atoms with van der Waals surface area (Å²) in [5.74, 6) is 0.530. The fraction of sp³-hybridized carbons (Fsp3) is 0.400. The van der Waals surface area contributed by atoms with E-state index in [2.05, 4.69) is 0 Å². The molecule has 0 saturated carbocycles. The predicted molar refractivity (Wildman–Crippen MR) is 62.1 cm³/mol. The maximum Gasteiger partial charge on any atom is 0.265 e. The third-order valence-corrected chi connectivity index (χ3v) is 3.67. The molecule has 90 valence electrons. The van der Waals surface area contributed by atoms with Crippen molar-refractivity contribution in [3.63, 3.8) is 0 Å². The van der Waals surface area contributed by atoms with Crippen LogP contribution in [-0.2, 0) is 9.05 Å². The van der Waals surface area contributed by atoms with Gasteiger partial charge >= 0.3 is 0 Å². The van der Waals surface area contributed by atoms with Gasteiger partial charge in [-0.3, -0.25) is 0 Å². The Morgan fingerprint density at radius 1 is 1.06 bits per heavy atom. The Bertz CT molecular complexity index is 508. The number of aryl methyl sites for hydroxylation is 2. The summed E-state index contributed by atoms with van der Waals surface area (Å²) in [7, 11) is 4.33. The molecule has 0 saturated heterocycles. The summed E-state index contributed by atoms with van der Waals surface area (Å²) in [6.45, 7) is 3.46. The summed E-state index contributed by atoms with van der Waals surface area (Å²) >= 11 is 0. The van der Waals surface area contributed by atoms with Crippen LogP contribution in [0.2, 0.25) is 0 Å². The lowest BCUT2D eigenvalue weighted by Gasteiger charge is -2.15. The number of halogens is 1. The molecule has 0 fully saturated rings. The standard InChI is InChI=1S/C10H13ClO4S/c1-6-5-7(2)10(16(11,12)13)9(15-4)8(6)14-3/h5H,1-4H3. The molecule has 0 heterocycles. The van der Waals surface area contributed by atoms with Gasteiger partial charge in [-0.05, 0) is 25.0 Å². The molecule has 0 radical (unpaired) electrons. The van der Waals surface area contributed by atoms with E-state index in [1.807, 2.05) is 0 Å². The van der Waals surface area contributed by atoms with Gasteiger partial charge in [-0.2, -0.15) is 0 Å². The lowest BCUT2D eigenvalue weighted by Crippen LogP contribution is -2.03. The van der Waals surface area contributed by atoms with Gasteiger partial charge < -0.3 is 9.47 Å². The quantitative estimate of drug-likeness (QED) is 0.786. The Kier molecular flexibility index (Phi) is 3.70. The highest BCUT2D eigenvalue weighted by molar-refractivity contribution is 8.13. The molecule has 0 aliphatic rings. The Morgan fingerprint density at radius 3 is 1.94 bits per heavy atom. The van der Waals surface area contributed by atoms with Crippen molar-refractivity contribution in [1.29, 1.82) is 0 Å². The van der Waals surface area contributed by atoms with E-state index >= 15 is 0 Å². The maximum atomic E-state index is 11.4. The van der Waals surface area contributed by atoms with E-state index in [1.54, 1.807) is 19.9 Å². The van der Waals surface area contributed by atoms with Gasteiger partial charge in [0.05, 0.1) is 14.2 Å². The second-order valence-corrected chi connectivity index (χ2v) is 5.85. The average molecular weight is 265 g/mol. The highest BCUT2D eigenvalue weighted by atomic mass is 35.7. The van der Waals surface area contributed by atoms with Crippen LogP contribution in [0.15, 0.2) is 11.0 Å². The first-order valence-corrected chi connectivity index (χ1v) is 6.80. The van der Waals surface area contributed by atoms with Crippen molar-refractivity contribution in [2.24, 2.45) is 0 Å². The Labute approximate surface area is 99.6 Å². The van der Waals surface area contributed by atoms with Crippen LogP contribution >= 0.6 is 10.7 Å². The van der Waals surface area contributed by atoms with E-state index in [9.17, 15) is 8.42 Å². The van der Waals surface area contributed by atoms with E-state index in [0.29, 0.717) is 11.3 Å². The molecule has 0 N–H and O–H groups in total. The SMILES string of the molecule is COc1c(C)cc(C)c(S(=O)(=O)Cl)c1OC. The molecular formula is C10H13ClO4S. The maximum absolute atomic E-state index is 11.4. The number of hydrogen-bond acceptors (Lipinski definition) is 4. The van der Waals surface area contributed by atoms with E-state index in [4.69, 9.17) is 20.2 Å². The zero-order valence-electron chi connectivity index (χ0n) is 9.50. The van der Waals surface area contributed by atoms with Gasteiger partial charge in [0.15, 0.2) is 11.5 Å². The number of rotatable bonds is 3. The van der Waals surface area contributed by atoms with Crippen LogP contribution in [0.4, 0.5) is 0 Å². The van der Waals surface area contributed by atoms with Crippen LogP contribution < -0.4 is 9.47 Å².